The lowest BCUT2D eigenvalue weighted by Crippen LogP contribution is -2.42. The Morgan fingerprint density at radius 1 is 1.10 bits per heavy atom. The normalized spacial score (nSPS) is 24.8. The highest BCUT2D eigenvalue weighted by molar-refractivity contribution is 5.27. The summed E-state index contributed by atoms with van der Waals surface area (Å²) in [5, 5.41) is 3.78. The Labute approximate surface area is 130 Å². The molecule has 21 heavy (non-hydrogen) atoms. The highest BCUT2D eigenvalue weighted by atomic mass is 14.9. The monoisotopic (exact) mass is 288 g/mol. The number of rotatable bonds is 4. The third-order valence-corrected chi connectivity index (χ3v) is 4.65. The first-order chi connectivity index (χ1) is 9.84. The molecule has 0 heterocycles. The molecule has 2 heteroatoms. The fourth-order valence-electron chi connectivity index (χ4n) is 3.24. The number of benzene rings is 1. The average Bonchev–Trinajstić information content (AvgIpc) is 2.41. The molecular weight excluding hydrogens is 256 g/mol. The summed E-state index contributed by atoms with van der Waals surface area (Å²) < 4.78 is 0. The molecule has 0 amide bonds. The summed E-state index contributed by atoms with van der Waals surface area (Å²) in [5.41, 5.74) is 9.05. The zero-order valence-electron chi connectivity index (χ0n) is 14.2. The summed E-state index contributed by atoms with van der Waals surface area (Å²) in [6, 6.07) is 10.8. The predicted octanol–water partition coefficient (Wildman–Crippen LogP) is 3.77. The second-order valence-corrected chi connectivity index (χ2v) is 7.83. The van der Waals surface area contributed by atoms with Gasteiger partial charge in [0, 0.05) is 18.1 Å². The van der Waals surface area contributed by atoms with Crippen LogP contribution in [0.2, 0.25) is 0 Å². The lowest BCUT2D eigenvalue weighted by atomic mass is 9.86. The minimum atomic E-state index is 0.239. The molecule has 1 aliphatic rings. The van der Waals surface area contributed by atoms with E-state index < -0.39 is 0 Å². The second-order valence-electron chi connectivity index (χ2n) is 7.83. The van der Waals surface area contributed by atoms with Crippen LogP contribution in [-0.2, 0) is 11.8 Å². The van der Waals surface area contributed by atoms with Gasteiger partial charge in [-0.1, -0.05) is 45.0 Å². The molecule has 118 valence electrons. The molecule has 3 N–H and O–H groups in total. The topological polar surface area (TPSA) is 38.0 Å². The Morgan fingerprint density at radius 2 is 1.67 bits per heavy atom. The first-order valence-electron chi connectivity index (χ1n) is 8.45. The average molecular weight is 288 g/mol. The van der Waals surface area contributed by atoms with Gasteiger partial charge in [-0.15, -0.1) is 0 Å². The molecule has 1 aromatic carbocycles. The van der Waals surface area contributed by atoms with E-state index in [0.717, 1.165) is 6.42 Å². The van der Waals surface area contributed by atoms with Crippen molar-refractivity contribution in [3.8, 4) is 0 Å². The highest BCUT2D eigenvalue weighted by Gasteiger charge is 2.20. The van der Waals surface area contributed by atoms with Crippen molar-refractivity contribution in [2.24, 2.45) is 5.73 Å². The van der Waals surface area contributed by atoms with Crippen molar-refractivity contribution in [1.29, 1.82) is 0 Å². The van der Waals surface area contributed by atoms with Gasteiger partial charge >= 0.3 is 0 Å². The second kappa shape index (κ2) is 6.93. The van der Waals surface area contributed by atoms with Crippen LogP contribution in [0.4, 0.5) is 0 Å². The molecular formula is C19H32N2. The molecule has 1 aromatic rings. The Hall–Kier alpha value is -0.860. The summed E-state index contributed by atoms with van der Waals surface area (Å²) in [5.74, 6) is 0. The number of hydrogen-bond donors (Lipinski definition) is 2. The number of nitrogens with one attached hydrogen (secondary N) is 1. The van der Waals surface area contributed by atoms with Crippen LogP contribution in [-0.4, -0.2) is 18.1 Å². The van der Waals surface area contributed by atoms with Crippen molar-refractivity contribution in [1.82, 2.24) is 5.32 Å². The maximum absolute atomic E-state index is 5.97. The summed E-state index contributed by atoms with van der Waals surface area (Å²) >= 11 is 0. The lowest BCUT2D eigenvalue weighted by Gasteiger charge is -2.29. The van der Waals surface area contributed by atoms with Gasteiger partial charge in [0.2, 0.25) is 0 Å². The van der Waals surface area contributed by atoms with Crippen molar-refractivity contribution < 1.29 is 0 Å². The van der Waals surface area contributed by atoms with Crippen LogP contribution >= 0.6 is 0 Å². The largest absolute Gasteiger partial charge is 0.328 e. The Kier molecular flexibility index (Phi) is 5.45. The standard InChI is InChI=1S/C19H32N2/c1-14(21-18-11-9-17(20)10-12-18)13-15-5-7-16(8-6-15)19(2,3)4/h5-8,14,17-18,21H,9-13,20H2,1-4H3. The molecule has 2 rings (SSSR count). The van der Waals surface area contributed by atoms with Gasteiger partial charge in [0.1, 0.15) is 0 Å². The molecule has 2 nitrogen and oxygen atoms in total. The van der Waals surface area contributed by atoms with Gasteiger partial charge < -0.3 is 11.1 Å². The molecule has 0 aromatic heterocycles. The Morgan fingerprint density at radius 3 is 2.19 bits per heavy atom. The zero-order valence-corrected chi connectivity index (χ0v) is 14.2. The van der Waals surface area contributed by atoms with Crippen LogP contribution in [0, 0.1) is 0 Å². The smallest absolute Gasteiger partial charge is 0.00817 e. The van der Waals surface area contributed by atoms with E-state index in [1.54, 1.807) is 0 Å². The summed E-state index contributed by atoms with van der Waals surface area (Å²) in [6.45, 7) is 9.09. The van der Waals surface area contributed by atoms with Crippen molar-refractivity contribution in [2.45, 2.75) is 83.3 Å². The molecule has 1 aliphatic carbocycles. The van der Waals surface area contributed by atoms with E-state index in [1.165, 1.54) is 36.8 Å². The first-order valence-corrected chi connectivity index (χ1v) is 8.45. The Balaban J connectivity index is 1.83. The fraction of sp³-hybridized carbons (Fsp3) is 0.684. The molecule has 1 unspecified atom stereocenters. The molecule has 0 aliphatic heterocycles. The van der Waals surface area contributed by atoms with Gasteiger partial charge in [0.25, 0.3) is 0 Å². The van der Waals surface area contributed by atoms with Crippen LogP contribution in [0.1, 0.15) is 64.5 Å². The molecule has 0 bridgehead atoms. The fourth-order valence-corrected chi connectivity index (χ4v) is 3.24. The van der Waals surface area contributed by atoms with E-state index in [-0.39, 0.29) is 5.41 Å². The molecule has 0 radical (unpaired) electrons. The number of hydrogen-bond acceptors (Lipinski definition) is 2. The highest BCUT2D eigenvalue weighted by Crippen LogP contribution is 2.23. The van der Waals surface area contributed by atoms with Gasteiger partial charge in [-0.25, -0.2) is 0 Å². The van der Waals surface area contributed by atoms with Gasteiger partial charge in [-0.3, -0.25) is 0 Å². The summed E-state index contributed by atoms with van der Waals surface area (Å²) in [4.78, 5) is 0. The third-order valence-electron chi connectivity index (χ3n) is 4.65. The van der Waals surface area contributed by atoms with E-state index in [9.17, 15) is 0 Å². The van der Waals surface area contributed by atoms with Crippen LogP contribution < -0.4 is 11.1 Å². The minimum absolute atomic E-state index is 0.239. The molecule has 1 saturated carbocycles. The van der Waals surface area contributed by atoms with Crippen LogP contribution in [0.3, 0.4) is 0 Å². The summed E-state index contributed by atoms with van der Waals surface area (Å²) in [7, 11) is 0. The zero-order chi connectivity index (χ0) is 15.5. The molecule has 0 saturated heterocycles. The van der Waals surface area contributed by atoms with Crippen LogP contribution in [0.15, 0.2) is 24.3 Å². The number of nitrogens with two attached hydrogens (primary N) is 1. The van der Waals surface area contributed by atoms with Gasteiger partial charge in [-0.2, -0.15) is 0 Å². The quantitative estimate of drug-likeness (QED) is 0.885. The SMILES string of the molecule is CC(Cc1ccc(C(C)(C)C)cc1)NC1CCC(N)CC1. The van der Waals surface area contributed by atoms with Crippen LogP contribution in [0.5, 0.6) is 0 Å². The molecule has 0 spiro atoms. The van der Waals surface area contributed by atoms with Crippen molar-refractivity contribution in [3.05, 3.63) is 35.4 Å². The van der Waals surface area contributed by atoms with E-state index >= 15 is 0 Å². The van der Waals surface area contributed by atoms with E-state index in [4.69, 9.17) is 5.73 Å². The van der Waals surface area contributed by atoms with Gasteiger partial charge in [0.15, 0.2) is 0 Å². The van der Waals surface area contributed by atoms with Gasteiger partial charge in [-0.05, 0) is 55.6 Å². The van der Waals surface area contributed by atoms with E-state index in [1.807, 2.05) is 0 Å². The van der Waals surface area contributed by atoms with Crippen LogP contribution in [0.25, 0.3) is 0 Å². The third kappa shape index (κ3) is 5.12. The predicted molar refractivity (Wildman–Crippen MR) is 91.7 cm³/mol. The molecule has 1 fully saturated rings. The maximum atomic E-state index is 5.97. The van der Waals surface area contributed by atoms with Crippen molar-refractivity contribution >= 4 is 0 Å². The minimum Gasteiger partial charge on any atom is -0.328 e. The maximum Gasteiger partial charge on any atom is 0.00817 e. The van der Waals surface area contributed by atoms with Gasteiger partial charge in [0.05, 0.1) is 0 Å². The lowest BCUT2D eigenvalue weighted by molar-refractivity contribution is 0.319. The van der Waals surface area contributed by atoms with Crippen molar-refractivity contribution in [2.75, 3.05) is 0 Å². The first kappa shape index (κ1) is 16.5. The summed E-state index contributed by atoms with van der Waals surface area (Å²) in [6.07, 6.45) is 5.91. The van der Waals surface area contributed by atoms with E-state index in [0.29, 0.717) is 18.1 Å². The Bertz CT molecular complexity index is 422. The van der Waals surface area contributed by atoms with Crippen molar-refractivity contribution in [3.63, 3.8) is 0 Å². The van der Waals surface area contributed by atoms with E-state index in [2.05, 4.69) is 57.3 Å². The molecule has 1 atom stereocenters.